The topological polar surface area (TPSA) is 179 Å². The zero-order valence-electron chi connectivity index (χ0n) is 22.0. The number of nitrogens with two attached hydrogens (primary N) is 2. The first-order chi connectivity index (χ1) is 18.7. The SMILES string of the molecule is CNC(=O)C(CCCCNC(=N)N)NC(=O)c1csc([C@@H]2C[C@@H](N)CN2C(=O)c2cc3ccc(C)cc3s2)n1. The fraction of sp³-hybridized carbons (Fsp3) is 0.423. The van der Waals surface area contributed by atoms with E-state index in [1.807, 2.05) is 25.1 Å². The zero-order chi connectivity index (χ0) is 28.1. The third-order valence-corrected chi connectivity index (χ3v) is 8.66. The summed E-state index contributed by atoms with van der Waals surface area (Å²) < 4.78 is 1.06. The highest BCUT2D eigenvalue weighted by Gasteiger charge is 2.37. The number of nitrogens with one attached hydrogen (secondary N) is 4. The normalized spacial score (nSPS) is 17.7. The number of unbranched alkanes of at least 4 members (excludes halogenated alkanes) is 1. The van der Waals surface area contributed by atoms with Crippen molar-refractivity contribution < 1.29 is 14.4 Å². The van der Waals surface area contributed by atoms with Crippen molar-refractivity contribution in [3.8, 4) is 0 Å². The van der Waals surface area contributed by atoms with Crippen LogP contribution < -0.4 is 27.4 Å². The van der Waals surface area contributed by atoms with Gasteiger partial charge < -0.3 is 32.3 Å². The molecule has 1 aliphatic heterocycles. The molecule has 3 aromatic rings. The first kappa shape index (κ1) is 28.5. The number of hydrogen-bond donors (Lipinski definition) is 6. The van der Waals surface area contributed by atoms with Crippen LogP contribution in [0, 0.1) is 12.3 Å². The van der Waals surface area contributed by atoms with Crippen molar-refractivity contribution in [2.75, 3.05) is 20.1 Å². The number of benzene rings is 1. The van der Waals surface area contributed by atoms with Crippen LogP contribution in [0.4, 0.5) is 0 Å². The van der Waals surface area contributed by atoms with Gasteiger partial charge in [0.2, 0.25) is 5.91 Å². The van der Waals surface area contributed by atoms with Gasteiger partial charge >= 0.3 is 0 Å². The maximum Gasteiger partial charge on any atom is 0.271 e. The number of thiophene rings is 1. The van der Waals surface area contributed by atoms with E-state index < -0.39 is 11.9 Å². The number of amides is 3. The van der Waals surface area contributed by atoms with Crippen molar-refractivity contribution in [2.24, 2.45) is 11.5 Å². The van der Waals surface area contributed by atoms with E-state index in [2.05, 4.69) is 27.0 Å². The minimum absolute atomic E-state index is 0.0908. The number of aromatic nitrogens is 1. The second kappa shape index (κ2) is 12.5. The van der Waals surface area contributed by atoms with Crippen molar-refractivity contribution in [3.05, 3.63) is 50.8 Å². The molecule has 0 saturated carbocycles. The summed E-state index contributed by atoms with van der Waals surface area (Å²) in [5, 5.41) is 18.6. The van der Waals surface area contributed by atoms with Gasteiger partial charge in [-0.3, -0.25) is 19.8 Å². The van der Waals surface area contributed by atoms with E-state index in [1.165, 1.54) is 29.7 Å². The zero-order valence-corrected chi connectivity index (χ0v) is 23.6. The second-order valence-electron chi connectivity index (χ2n) is 9.67. The Balaban J connectivity index is 1.43. The van der Waals surface area contributed by atoms with Gasteiger partial charge in [-0.15, -0.1) is 22.7 Å². The smallest absolute Gasteiger partial charge is 0.271 e. The molecule has 0 spiro atoms. The number of carbonyl (C=O) groups excluding carboxylic acids is 3. The summed E-state index contributed by atoms with van der Waals surface area (Å²) >= 11 is 2.78. The molecule has 4 rings (SSSR count). The summed E-state index contributed by atoms with van der Waals surface area (Å²) in [4.78, 5) is 45.8. The number of nitrogens with zero attached hydrogens (tertiary/aromatic N) is 2. The molecule has 1 saturated heterocycles. The number of guanidine groups is 1. The maximum atomic E-state index is 13.5. The highest BCUT2D eigenvalue weighted by Crippen LogP contribution is 2.36. The molecule has 0 radical (unpaired) electrons. The molecule has 39 heavy (non-hydrogen) atoms. The molecule has 1 fully saturated rings. The minimum atomic E-state index is -0.723. The molecular weight excluding hydrogens is 536 g/mol. The van der Waals surface area contributed by atoms with Crippen LogP contribution in [-0.4, -0.2) is 65.8 Å². The minimum Gasteiger partial charge on any atom is -0.370 e. The third-order valence-electron chi connectivity index (χ3n) is 6.62. The first-order valence-electron chi connectivity index (χ1n) is 12.8. The van der Waals surface area contributed by atoms with E-state index in [9.17, 15) is 14.4 Å². The molecule has 208 valence electrons. The monoisotopic (exact) mass is 570 g/mol. The van der Waals surface area contributed by atoms with Crippen LogP contribution in [0.15, 0.2) is 29.6 Å². The van der Waals surface area contributed by atoms with Crippen LogP contribution in [0.25, 0.3) is 10.1 Å². The van der Waals surface area contributed by atoms with Crippen molar-refractivity contribution in [2.45, 2.75) is 50.7 Å². The van der Waals surface area contributed by atoms with E-state index in [-0.39, 0.29) is 35.6 Å². The number of hydrogen-bond acceptors (Lipinski definition) is 8. The van der Waals surface area contributed by atoms with Gasteiger partial charge in [-0.2, -0.15) is 0 Å². The van der Waals surface area contributed by atoms with Crippen LogP contribution in [0.2, 0.25) is 0 Å². The molecule has 11 nitrogen and oxygen atoms in total. The number of carbonyl (C=O) groups is 3. The molecule has 2 aromatic heterocycles. The Labute approximate surface area is 234 Å². The lowest BCUT2D eigenvalue weighted by molar-refractivity contribution is -0.122. The Morgan fingerprint density at radius 3 is 2.79 bits per heavy atom. The Morgan fingerprint density at radius 1 is 1.26 bits per heavy atom. The molecule has 3 atom stereocenters. The van der Waals surface area contributed by atoms with Crippen LogP contribution in [0.5, 0.6) is 0 Å². The van der Waals surface area contributed by atoms with Gasteiger partial charge in [-0.25, -0.2) is 4.98 Å². The van der Waals surface area contributed by atoms with Gasteiger partial charge in [0.1, 0.15) is 16.7 Å². The lowest BCUT2D eigenvalue weighted by Gasteiger charge is -2.22. The van der Waals surface area contributed by atoms with Gasteiger partial charge in [0.05, 0.1) is 10.9 Å². The van der Waals surface area contributed by atoms with Crippen LogP contribution >= 0.6 is 22.7 Å². The lowest BCUT2D eigenvalue weighted by atomic mass is 10.1. The predicted molar refractivity (Wildman–Crippen MR) is 154 cm³/mol. The summed E-state index contributed by atoms with van der Waals surface area (Å²) in [6.45, 7) is 2.95. The number of fused-ring (bicyclic) bond motifs is 1. The van der Waals surface area contributed by atoms with E-state index in [0.29, 0.717) is 48.7 Å². The molecule has 1 aliphatic rings. The fourth-order valence-corrected chi connectivity index (χ4v) is 6.67. The highest BCUT2D eigenvalue weighted by atomic mass is 32.1. The largest absolute Gasteiger partial charge is 0.370 e. The molecule has 13 heteroatoms. The third kappa shape index (κ3) is 6.91. The van der Waals surface area contributed by atoms with Gasteiger partial charge in [0.25, 0.3) is 11.8 Å². The standard InChI is InChI=1S/C26H34N8O3S2/c1-14-6-7-15-10-21(39-20(15)9-14)25(37)34-12-16(27)11-19(34)24-33-18(13-38-24)23(36)32-17(22(35)30-2)5-3-4-8-31-26(28)29/h6-7,9-10,13,16-17,19H,3-5,8,11-12,27H2,1-2H3,(H,30,35)(H,32,36)(H4,28,29,31)/t16-,17?,19+/m1/s1. The van der Waals surface area contributed by atoms with E-state index in [0.717, 1.165) is 15.6 Å². The van der Waals surface area contributed by atoms with E-state index >= 15 is 0 Å². The van der Waals surface area contributed by atoms with Crippen molar-refractivity contribution in [3.63, 3.8) is 0 Å². The second-order valence-corrected chi connectivity index (χ2v) is 11.6. The van der Waals surface area contributed by atoms with Gasteiger partial charge in [0, 0.05) is 36.3 Å². The summed E-state index contributed by atoms with van der Waals surface area (Å²) in [6, 6.07) is 6.80. The first-order valence-corrected chi connectivity index (χ1v) is 14.5. The lowest BCUT2D eigenvalue weighted by Crippen LogP contribution is -2.45. The molecule has 3 heterocycles. The summed E-state index contributed by atoms with van der Waals surface area (Å²) in [5.41, 5.74) is 12.9. The summed E-state index contributed by atoms with van der Waals surface area (Å²) in [5.74, 6) is -0.941. The molecule has 1 unspecified atom stereocenters. The van der Waals surface area contributed by atoms with E-state index in [4.69, 9.17) is 16.9 Å². The Hall–Kier alpha value is -3.55. The fourth-order valence-electron chi connectivity index (χ4n) is 4.63. The Bertz CT molecular complexity index is 1370. The summed E-state index contributed by atoms with van der Waals surface area (Å²) in [7, 11) is 1.52. The molecule has 8 N–H and O–H groups in total. The predicted octanol–water partition coefficient (Wildman–Crippen LogP) is 2.08. The van der Waals surface area contributed by atoms with Gasteiger partial charge in [0.15, 0.2) is 5.96 Å². The Morgan fingerprint density at radius 2 is 2.05 bits per heavy atom. The molecule has 0 bridgehead atoms. The number of likely N-dealkylation sites (N-methyl/N-ethyl adjacent to an activating group) is 1. The van der Waals surface area contributed by atoms with Crippen molar-refractivity contribution in [1.29, 1.82) is 5.41 Å². The average molecular weight is 571 g/mol. The number of aryl methyl sites for hydroxylation is 1. The van der Waals surface area contributed by atoms with Gasteiger partial charge in [-0.1, -0.05) is 12.1 Å². The van der Waals surface area contributed by atoms with Crippen molar-refractivity contribution in [1.82, 2.24) is 25.8 Å². The van der Waals surface area contributed by atoms with Crippen LogP contribution in [0.3, 0.4) is 0 Å². The number of thiazole rings is 1. The number of likely N-dealkylation sites (tertiary alicyclic amines) is 1. The maximum absolute atomic E-state index is 13.5. The van der Waals surface area contributed by atoms with Gasteiger partial charge in [-0.05, 0) is 55.7 Å². The number of rotatable bonds is 10. The highest BCUT2D eigenvalue weighted by molar-refractivity contribution is 7.20. The summed E-state index contributed by atoms with van der Waals surface area (Å²) in [6.07, 6.45) is 2.32. The quantitative estimate of drug-likeness (QED) is 0.123. The van der Waals surface area contributed by atoms with E-state index in [1.54, 1.807) is 10.3 Å². The van der Waals surface area contributed by atoms with Crippen molar-refractivity contribution >= 4 is 56.4 Å². The Kier molecular flexibility index (Phi) is 9.15. The molecule has 1 aromatic carbocycles. The van der Waals surface area contributed by atoms with Crippen LogP contribution in [-0.2, 0) is 4.79 Å². The average Bonchev–Trinajstić information content (AvgIpc) is 3.64. The molecule has 0 aliphatic carbocycles. The molecular formula is C26H34N8O3S2. The van der Waals surface area contributed by atoms with Crippen LogP contribution in [0.1, 0.15) is 62.5 Å². The molecule has 3 amide bonds.